The first-order valence-corrected chi connectivity index (χ1v) is 13.2. The predicted octanol–water partition coefficient (Wildman–Crippen LogP) is 4.12. The molecule has 3 aliphatic heterocycles. The molecule has 0 aromatic heterocycles. The van der Waals surface area contributed by atoms with E-state index in [1.54, 1.807) is 0 Å². The number of hydrogen-bond donors (Lipinski definition) is 0. The van der Waals surface area contributed by atoms with Gasteiger partial charge in [0.15, 0.2) is 0 Å². The summed E-state index contributed by atoms with van der Waals surface area (Å²) in [6.07, 6.45) is 2.40. The lowest BCUT2D eigenvalue weighted by atomic mass is 9.86. The summed E-state index contributed by atoms with van der Waals surface area (Å²) in [4.78, 5) is 25.4. The SMILES string of the molecule is C[C@H]1C(O[Si](C)(C)C(C)(C)C)=C(C(=O)O[C@H]2C(=O)OCC2(C)C)[C@H]2C=C[C@@]1(C)O2. The number of carbonyl (C=O) groups excluding carboxylic acids is 2. The first kappa shape index (κ1) is 22.1. The second-order valence-corrected chi connectivity index (χ2v) is 15.5. The first-order chi connectivity index (χ1) is 13.1. The normalized spacial score (nSPS) is 33.7. The van der Waals surface area contributed by atoms with Crippen molar-refractivity contribution in [3.63, 3.8) is 0 Å². The number of esters is 2. The van der Waals surface area contributed by atoms with Gasteiger partial charge < -0.3 is 18.6 Å². The van der Waals surface area contributed by atoms with Gasteiger partial charge in [0, 0.05) is 11.3 Å². The fraction of sp³-hybridized carbons (Fsp3) is 0.727. The molecule has 1 fully saturated rings. The van der Waals surface area contributed by atoms with Gasteiger partial charge in [0.05, 0.1) is 11.4 Å². The maximum atomic E-state index is 13.3. The number of ether oxygens (including phenoxy) is 3. The van der Waals surface area contributed by atoms with E-state index in [1.807, 2.05) is 39.8 Å². The van der Waals surface area contributed by atoms with E-state index in [4.69, 9.17) is 18.6 Å². The molecular formula is C22H34O6Si. The Morgan fingerprint density at radius 2 is 1.86 bits per heavy atom. The van der Waals surface area contributed by atoms with Gasteiger partial charge in [0.1, 0.15) is 18.3 Å². The minimum absolute atomic E-state index is 0.0301. The van der Waals surface area contributed by atoms with Crippen LogP contribution in [0.3, 0.4) is 0 Å². The summed E-state index contributed by atoms with van der Waals surface area (Å²) in [6.45, 7) is 18.7. The van der Waals surface area contributed by atoms with Crippen molar-refractivity contribution in [2.75, 3.05) is 6.61 Å². The van der Waals surface area contributed by atoms with E-state index in [2.05, 4.69) is 33.9 Å². The summed E-state index contributed by atoms with van der Waals surface area (Å²) in [5, 5.41) is -0.0301. The smallest absolute Gasteiger partial charge is 0.348 e. The molecule has 0 saturated carbocycles. The van der Waals surface area contributed by atoms with Crippen molar-refractivity contribution in [1.29, 1.82) is 0 Å². The highest BCUT2D eigenvalue weighted by molar-refractivity contribution is 6.74. The highest BCUT2D eigenvalue weighted by Crippen LogP contribution is 2.48. The van der Waals surface area contributed by atoms with Crippen molar-refractivity contribution >= 4 is 20.3 Å². The lowest BCUT2D eigenvalue weighted by Gasteiger charge is -2.44. The molecule has 3 rings (SSSR count). The maximum absolute atomic E-state index is 13.3. The van der Waals surface area contributed by atoms with Crippen molar-refractivity contribution in [1.82, 2.24) is 0 Å². The van der Waals surface area contributed by atoms with Crippen LogP contribution < -0.4 is 0 Å². The van der Waals surface area contributed by atoms with Crippen LogP contribution in [-0.4, -0.2) is 44.7 Å². The molecule has 0 aliphatic carbocycles. The third kappa shape index (κ3) is 3.67. The largest absolute Gasteiger partial charge is 0.546 e. The van der Waals surface area contributed by atoms with Crippen molar-refractivity contribution in [3.05, 3.63) is 23.5 Å². The van der Waals surface area contributed by atoms with Crippen LogP contribution in [0.5, 0.6) is 0 Å². The molecule has 0 amide bonds. The topological polar surface area (TPSA) is 71.1 Å². The molecule has 162 valence electrons. The van der Waals surface area contributed by atoms with Gasteiger partial charge in [-0.2, -0.15) is 0 Å². The lowest BCUT2D eigenvalue weighted by molar-refractivity contribution is -0.162. The molecule has 0 aromatic carbocycles. The highest BCUT2D eigenvalue weighted by Gasteiger charge is 2.53. The molecule has 1 saturated heterocycles. The molecule has 6 nitrogen and oxygen atoms in total. The number of fused-ring (bicyclic) bond motifs is 2. The van der Waals surface area contributed by atoms with Gasteiger partial charge >= 0.3 is 11.9 Å². The zero-order chi connectivity index (χ0) is 22.0. The summed E-state index contributed by atoms with van der Waals surface area (Å²) in [5.74, 6) is -0.597. The van der Waals surface area contributed by atoms with E-state index in [-0.39, 0.29) is 17.6 Å². The fourth-order valence-corrected chi connectivity index (χ4v) is 4.70. The van der Waals surface area contributed by atoms with Crippen molar-refractivity contribution in [2.45, 2.75) is 84.4 Å². The van der Waals surface area contributed by atoms with Crippen LogP contribution in [0.25, 0.3) is 0 Å². The molecule has 29 heavy (non-hydrogen) atoms. The maximum Gasteiger partial charge on any atom is 0.348 e. The molecule has 3 aliphatic rings. The Morgan fingerprint density at radius 1 is 1.24 bits per heavy atom. The van der Waals surface area contributed by atoms with Crippen LogP contribution in [0.15, 0.2) is 23.5 Å². The Kier molecular flexibility index (Phi) is 5.11. The third-order valence-electron chi connectivity index (χ3n) is 6.91. The number of carbonyl (C=O) groups is 2. The lowest BCUT2D eigenvalue weighted by Crippen LogP contribution is -2.48. The molecule has 0 unspecified atom stereocenters. The molecule has 3 heterocycles. The molecule has 2 bridgehead atoms. The summed E-state index contributed by atoms with van der Waals surface area (Å²) in [5.41, 5.74) is -0.740. The van der Waals surface area contributed by atoms with Gasteiger partial charge in [-0.05, 0) is 25.1 Å². The molecular weight excluding hydrogens is 388 g/mol. The van der Waals surface area contributed by atoms with Crippen LogP contribution in [0, 0.1) is 11.3 Å². The summed E-state index contributed by atoms with van der Waals surface area (Å²) >= 11 is 0. The van der Waals surface area contributed by atoms with Gasteiger partial charge in [-0.25, -0.2) is 9.59 Å². The van der Waals surface area contributed by atoms with E-state index < -0.39 is 43.5 Å². The van der Waals surface area contributed by atoms with E-state index in [9.17, 15) is 9.59 Å². The molecule has 4 atom stereocenters. The number of rotatable bonds is 4. The fourth-order valence-electron chi connectivity index (χ4n) is 3.56. The van der Waals surface area contributed by atoms with Gasteiger partial charge in [-0.1, -0.05) is 53.7 Å². The van der Waals surface area contributed by atoms with Crippen LogP contribution in [0.1, 0.15) is 48.5 Å². The van der Waals surface area contributed by atoms with E-state index in [0.29, 0.717) is 11.3 Å². The summed E-state index contributed by atoms with van der Waals surface area (Å²) in [7, 11) is -2.21. The Bertz CT molecular complexity index is 788. The number of hydrogen-bond acceptors (Lipinski definition) is 6. The average molecular weight is 423 g/mol. The molecule has 0 spiro atoms. The Labute approximate surface area is 174 Å². The van der Waals surface area contributed by atoms with E-state index >= 15 is 0 Å². The quantitative estimate of drug-likeness (QED) is 0.386. The van der Waals surface area contributed by atoms with Gasteiger partial charge in [0.2, 0.25) is 14.4 Å². The third-order valence-corrected chi connectivity index (χ3v) is 11.3. The average Bonchev–Trinajstić information content (AvgIpc) is 3.05. The minimum atomic E-state index is -2.21. The second kappa shape index (κ2) is 6.70. The Balaban J connectivity index is 2.00. The van der Waals surface area contributed by atoms with Crippen molar-refractivity contribution in [2.24, 2.45) is 11.3 Å². The van der Waals surface area contributed by atoms with Crippen LogP contribution in [-0.2, 0) is 28.2 Å². The Morgan fingerprint density at radius 3 is 2.38 bits per heavy atom. The van der Waals surface area contributed by atoms with E-state index in [1.165, 1.54) is 0 Å². The monoisotopic (exact) mass is 422 g/mol. The first-order valence-electron chi connectivity index (χ1n) is 10.3. The predicted molar refractivity (Wildman–Crippen MR) is 112 cm³/mol. The zero-order valence-electron chi connectivity index (χ0n) is 19.0. The molecule has 0 radical (unpaired) electrons. The standard InChI is InChI=1S/C22H34O6Si/c1-13-16(28-29(8,9)20(2,3)4)15(14-10-11-22(13,7)27-14)18(23)26-17-19(24)25-12-21(17,5)6/h10-11,13-14,17H,12H2,1-9H3/t13-,14+,17-,22+/m0/s1. The zero-order valence-corrected chi connectivity index (χ0v) is 20.0. The molecule has 0 aromatic rings. The Hall–Kier alpha value is -1.60. The van der Waals surface area contributed by atoms with Gasteiger partial charge in [-0.3, -0.25) is 0 Å². The van der Waals surface area contributed by atoms with Crippen molar-refractivity contribution < 1.29 is 28.2 Å². The number of cyclic esters (lactones) is 1. The van der Waals surface area contributed by atoms with Crippen LogP contribution in [0.2, 0.25) is 18.1 Å². The summed E-state index contributed by atoms with van der Waals surface area (Å²) in [6, 6.07) is 0. The molecule has 7 heteroatoms. The van der Waals surface area contributed by atoms with E-state index in [0.717, 1.165) is 0 Å². The van der Waals surface area contributed by atoms with Crippen LogP contribution >= 0.6 is 0 Å². The summed E-state index contributed by atoms with van der Waals surface area (Å²) < 4.78 is 23.6. The highest BCUT2D eigenvalue weighted by atomic mass is 28.4. The minimum Gasteiger partial charge on any atom is -0.546 e. The second-order valence-electron chi connectivity index (χ2n) is 10.8. The van der Waals surface area contributed by atoms with Gasteiger partial charge in [0.25, 0.3) is 0 Å². The van der Waals surface area contributed by atoms with Crippen LogP contribution in [0.4, 0.5) is 0 Å². The molecule has 0 N–H and O–H groups in total. The van der Waals surface area contributed by atoms with Crippen molar-refractivity contribution in [3.8, 4) is 0 Å². The van der Waals surface area contributed by atoms with Gasteiger partial charge in [-0.15, -0.1) is 0 Å².